The number of halogens is 1. The van der Waals surface area contributed by atoms with Gasteiger partial charge in [-0.05, 0) is 44.2 Å². The minimum absolute atomic E-state index is 0.150. The van der Waals surface area contributed by atoms with Crippen molar-refractivity contribution in [1.82, 2.24) is 5.32 Å². The van der Waals surface area contributed by atoms with Crippen LogP contribution < -0.4 is 10.2 Å². The first-order valence-corrected chi connectivity index (χ1v) is 6.40. The number of nitrogens with one attached hydrogen (secondary N) is 1. The van der Waals surface area contributed by atoms with E-state index in [-0.39, 0.29) is 5.82 Å². The monoisotopic (exact) mass is 238 g/mol. The normalized spacial score (nSPS) is 10.6. The molecule has 0 aromatic heterocycles. The Labute approximate surface area is 104 Å². The molecule has 0 heterocycles. The van der Waals surface area contributed by atoms with E-state index in [0.29, 0.717) is 6.54 Å². The van der Waals surface area contributed by atoms with Gasteiger partial charge in [-0.15, -0.1) is 0 Å². The van der Waals surface area contributed by atoms with Crippen molar-refractivity contribution in [3.8, 4) is 0 Å². The van der Waals surface area contributed by atoms with E-state index in [1.807, 2.05) is 7.05 Å². The zero-order valence-corrected chi connectivity index (χ0v) is 11.1. The standard InChI is InChI=1S/C14H23FN2/c1-4-6-7-17(5-2)14-9-12(11-16-3)8-13(15)10-14/h8-10,16H,4-7,11H2,1-3H3. The van der Waals surface area contributed by atoms with Gasteiger partial charge in [0.2, 0.25) is 0 Å². The third kappa shape index (κ3) is 4.35. The summed E-state index contributed by atoms with van der Waals surface area (Å²) in [4.78, 5) is 2.23. The largest absolute Gasteiger partial charge is 0.372 e. The summed E-state index contributed by atoms with van der Waals surface area (Å²) in [6.45, 7) is 6.90. The van der Waals surface area contributed by atoms with Gasteiger partial charge in [-0.25, -0.2) is 4.39 Å². The third-order valence-corrected chi connectivity index (χ3v) is 2.85. The average Bonchev–Trinajstić information content (AvgIpc) is 2.30. The molecule has 0 aliphatic heterocycles. The van der Waals surface area contributed by atoms with Gasteiger partial charge in [0.15, 0.2) is 0 Å². The molecule has 0 saturated heterocycles. The molecule has 2 nitrogen and oxygen atoms in total. The zero-order valence-electron chi connectivity index (χ0n) is 11.1. The fraction of sp³-hybridized carbons (Fsp3) is 0.571. The summed E-state index contributed by atoms with van der Waals surface area (Å²) >= 11 is 0. The molecule has 0 saturated carbocycles. The second kappa shape index (κ2) is 7.28. The van der Waals surface area contributed by atoms with E-state index in [4.69, 9.17) is 0 Å². The second-order valence-electron chi connectivity index (χ2n) is 4.28. The fourth-order valence-corrected chi connectivity index (χ4v) is 1.94. The summed E-state index contributed by atoms with van der Waals surface area (Å²) in [5.74, 6) is -0.150. The van der Waals surface area contributed by atoms with Crippen molar-refractivity contribution in [2.45, 2.75) is 33.2 Å². The summed E-state index contributed by atoms with van der Waals surface area (Å²) in [5.41, 5.74) is 1.99. The molecule has 0 fully saturated rings. The van der Waals surface area contributed by atoms with E-state index in [1.165, 1.54) is 0 Å². The first kappa shape index (κ1) is 14.0. The fourth-order valence-electron chi connectivity index (χ4n) is 1.94. The molecular weight excluding hydrogens is 215 g/mol. The zero-order chi connectivity index (χ0) is 12.7. The number of unbranched alkanes of at least 4 members (excludes halogenated alkanes) is 1. The van der Waals surface area contributed by atoms with Crippen LogP contribution in [0.4, 0.5) is 10.1 Å². The molecule has 3 heteroatoms. The van der Waals surface area contributed by atoms with Crippen LogP contribution in [0, 0.1) is 5.82 Å². The van der Waals surface area contributed by atoms with Crippen molar-refractivity contribution < 1.29 is 4.39 Å². The minimum atomic E-state index is -0.150. The van der Waals surface area contributed by atoms with Crippen LogP contribution in [-0.4, -0.2) is 20.1 Å². The van der Waals surface area contributed by atoms with E-state index < -0.39 is 0 Å². The Morgan fingerprint density at radius 1 is 1.24 bits per heavy atom. The molecule has 0 amide bonds. The molecule has 0 radical (unpaired) electrons. The third-order valence-electron chi connectivity index (χ3n) is 2.85. The maximum absolute atomic E-state index is 13.5. The number of rotatable bonds is 7. The van der Waals surface area contributed by atoms with Gasteiger partial charge in [0, 0.05) is 25.3 Å². The lowest BCUT2D eigenvalue weighted by molar-refractivity contribution is 0.621. The van der Waals surface area contributed by atoms with Gasteiger partial charge < -0.3 is 10.2 Å². The highest BCUT2D eigenvalue weighted by molar-refractivity contribution is 5.49. The number of benzene rings is 1. The Balaban J connectivity index is 2.85. The van der Waals surface area contributed by atoms with Crippen LogP contribution in [0.25, 0.3) is 0 Å². The maximum Gasteiger partial charge on any atom is 0.125 e. The Hall–Kier alpha value is -1.09. The summed E-state index contributed by atoms with van der Waals surface area (Å²) < 4.78 is 13.5. The maximum atomic E-state index is 13.5. The van der Waals surface area contributed by atoms with Crippen LogP contribution in [0.2, 0.25) is 0 Å². The highest BCUT2D eigenvalue weighted by atomic mass is 19.1. The van der Waals surface area contributed by atoms with Gasteiger partial charge in [-0.3, -0.25) is 0 Å². The van der Waals surface area contributed by atoms with Crippen LogP contribution in [-0.2, 0) is 6.54 Å². The van der Waals surface area contributed by atoms with Gasteiger partial charge >= 0.3 is 0 Å². The van der Waals surface area contributed by atoms with E-state index in [1.54, 1.807) is 12.1 Å². The molecule has 1 aromatic carbocycles. The lowest BCUT2D eigenvalue weighted by atomic mass is 10.1. The molecule has 1 aromatic rings. The molecule has 96 valence electrons. The van der Waals surface area contributed by atoms with Crippen LogP contribution in [0.15, 0.2) is 18.2 Å². The minimum Gasteiger partial charge on any atom is -0.372 e. The van der Waals surface area contributed by atoms with Gasteiger partial charge in [0.05, 0.1) is 0 Å². The predicted molar refractivity (Wildman–Crippen MR) is 72.0 cm³/mol. The van der Waals surface area contributed by atoms with Crippen molar-refractivity contribution in [3.63, 3.8) is 0 Å². The molecule has 1 N–H and O–H groups in total. The van der Waals surface area contributed by atoms with Crippen molar-refractivity contribution in [1.29, 1.82) is 0 Å². The van der Waals surface area contributed by atoms with Crippen molar-refractivity contribution in [2.75, 3.05) is 25.0 Å². The summed E-state index contributed by atoms with van der Waals surface area (Å²) in [6.07, 6.45) is 2.31. The first-order valence-electron chi connectivity index (χ1n) is 6.40. The van der Waals surface area contributed by atoms with E-state index in [9.17, 15) is 4.39 Å². The lowest BCUT2D eigenvalue weighted by Crippen LogP contribution is -2.24. The molecule has 0 spiro atoms. The van der Waals surface area contributed by atoms with E-state index >= 15 is 0 Å². The Morgan fingerprint density at radius 3 is 2.59 bits per heavy atom. The smallest absolute Gasteiger partial charge is 0.125 e. The molecule has 0 atom stereocenters. The Morgan fingerprint density at radius 2 is 2.00 bits per heavy atom. The molecule has 0 bridgehead atoms. The summed E-state index contributed by atoms with van der Waals surface area (Å²) in [6, 6.07) is 5.28. The highest BCUT2D eigenvalue weighted by Gasteiger charge is 2.07. The van der Waals surface area contributed by atoms with Gasteiger partial charge in [-0.1, -0.05) is 13.3 Å². The van der Waals surface area contributed by atoms with E-state index in [2.05, 4.69) is 30.1 Å². The molecule has 0 aliphatic rings. The topological polar surface area (TPSA) is 15.3 Å². The first-order chi connectivity index (χ1) is 8.21. The highest BCUT2D eigenvalue weighted by Crippen LogP contribution is 2.19. The predicted octanol–water partition coefficient (Wildman–Crippen LogP) is 3.17. The van der Waals surface area contributed by atoms with Crippen LogP contribution in [0.5, 0.6) is 0 Å². The molecule has 17 heavy (non-hydrogen) atoms. The van der Waals surface area contributed by atoms with Crippen LogP contribution in [0.3, 0.4) is 0 Å². The lowest BCUT2D eigenvalue weighted by Gasteiger charge is -2.23. The molecular formula is C14H23FN2. The van der Waals surface area contributed by atoms with Crippen molar-refractivity contribution in [2.24, 2.45) is 0 Å². The van der Waals surface area contributed by atoms with Gasteiger partial charge in [0.25, 0.3) is 0 Å². The second-order valence-corrected chi connectivity index (χ2v) is 4.28. The summed E-state index contributed by atoms with van der Waals surface area (Å²) in [5, 5.41) is 3.05. The molecule has 1 rings (SSSR count). The van der Waals surface area contributed by atoms with Crippen LogP contribution in [0.1, 0.15) is 32.3 Å². The number of hydrogen-bond acceptors (Lipinski definition) is 2. The van der Waals surface area contributed by atoms with Crippen molar-refractivity contribution >= 4 is 5.69 Å². The quantitative estimate of drug-likeness (QED) is 0.785. The van der Waals surface area contributed by atoms with E-state index in [0.717, 1.165) is 37.2 Å². The summed E-state index contributed by atoms with van der Waals surface area (Å²) in [7, 11) is 1.87. The molecule has 0 aliphatic carbocycles. The van der Waals surface area contributed by atoms with Gasteiger partial charge in [0.1, 0.15) is 5.82 Å². The number of hydrogen-bond donors (Lipinski definition) is 1. The van der Waals surface area contributed by atoms with Gasteiger partial charge in [-0.2, -0.15) is 0 Å². The molecule has 0 unspecified atom stereocenters. The number of nitrogens with zero attached hydrogens (tertiary/aromatic N) is 1. The average molecular weight is 238 g/mol. The SMILES string of the molecule is CCCCN(CC)c1cc(F)cc(CNC)c1. The van der Waals surface area contributed by atoms with Crippen LogP contribution >= 0.6 is 0 Å². The Kier molecular flexibility index (Phi) is 5.98. The van der Waals surface area contributed by atoms with Crippen molar-refractivity contribution in [3.05, 3.63) is 29.6 Å². The Bertz CT molecular complexity index is 339. The number of anilines is 1.